The maximum atomic E-state index is 12.8. The van der Waals surface area contributed by atoms with Crippen LogP contribution in [0, 0.1) is 0 Å². The largest absolute Gasteiger partial charge is 0.349 e. The molecule has 1 fully saturated rings. The molecule has 3 aromatic rings. The number of amides is 2. The smallest absolute Gasteiger partial charge is 0.253 e. The number of benzene rings is 2. The van der Waals surface area contributed by atoms with E-state index in [1.165, 1.54) is 4.88 Å². The summed E-state index contributed by atoms with van der Waals surface area (Å²) in [7, 11) is 0. The van der Waals surface area contributed by atoms with Crippen LogP contribution in [0.5, 0.6) is 0 Å². The second-order valence-electron chi connectivity index (χ2n) is 6.96. The number of nitrogens with zero attached hydrogens (tertiary/aromatic N) is 1. The Labute approximate surface area is 168 Å². The van der Waals surface area contributed by atoms with Crippen molar-refractivity contribution in [1.29, 1.82) is 0 Å². The van der Waals surface area contributed by atoms with Gasteiger partial charge in [0.05, 0.1) is 0 Å². The van der Waals surface area contributed by atoms with Crippen molar-refractivity contribution >= 4 is 23.2 Å². The quantitative estimate of drug-likeness (QED) is 0.715. The van der Waals surface area contributed by atoms with E-state index in [4.69, 9.17) is 0 Å². The maximum absolute atomic E-state index is 12.8. The van der Waals surface area contributed by atoms with Crippen LogP contribution in [-0.4, -0.2) is 35.8 Å². The molecule has 2 heterocycles. The highest BCUT2D eigenvalue weighted by Gasteiger charge is 2.24. The third kappa shape index (κ3) is 4.15. The van der Waals surface area contributed by atoms with Gasteiger partial charge in [-0.05, 0) is 54.1 Å². The molecule has 4 nitrogen and oxygen atoms in total. The zero-order valence-corrected chi connectivity index (χ0v) is 16.3. The SMILES string of the molecule is O=C(NC1CCN(C(=O)c2ccc(-c3cccs3)cc2)CC1)c1ccccc1. The number of carbonyl (C=O) groups is 2. The minimum atomic E-state index is -0.0467. The molecule has 0 bridgehead atoms. The van der Waals surface area contributed by atoms with Gasteiger partial charge in [0.15, 0.2) is 0 Å². The van der Waals surface area contributed by atoms with E-state index in [9.17, 15) is 9.59 Å². The maximum Gasteiger partial charge on any atom is 0.253 e. The Morgan fingerprint density at radius 1 is 0.857 bits per heavy atom. The van der Waals surface area contributed by atoms with Crippen molar-refractivity contribution in [3.8, 4) is 10.4 Å². The average molecular weight is 391 g/mol. The highest BCUT2D eigenvalue weighted by molar-refractivity contribution is 7.13. The third-order valence-corrected chi connectivity index (χ3v) is 6.01. The molecule has 0 atom stereocenters. The molecule has 142 valence electrons. The molecule has 0 spiro atoms. The summed E-state index contributed by atoms with van der Waals surface area (Å²) in [5.41, 5.74) is 2.52. The predicted molar refractivity (Wildman–Crippen MR) is 113 cm³/mol. The summed E-state index contributed by atoms with van der Waals surface area (Å²) >= 11 is 1.69. The van der Waals surface area contributed by atoms with E-state index < -0.39 is 0 Å². The molecule has 5 heteroatoms. The lowest BCUT2D eigenvalue weighted by Crippen LogP contribution is -2.46. The van der Waals surface area contributed by atoms with Gasteiger partial charge in [0, 0.05) is 35.1 Å². The fraction of sp³-hybridized carbons (Fsp3) is 0.217. The van der Waals surface area contributed by atoms with Crippen LogP contribution in [0.3, 0.4) is 0 Å². The normalized spacial score (nSPS) is 14.6. The summed E-state index contributed by atoms with van der Waals surface area (Å²) in [6, 6.07) is 21.3. The molecule has 0 unspecified atom stereocenters. The molecular formula is C23H22N2O2S. The van der Waals surface area contributed by atoms with E-state index in [1.807, 2.05) is 65.6 Å². The van der Waals surface area contributed by atoms with Crippen molar-refractivity contribution in [3.05, 3.63) is 83.2 Å². The second-order valence-corrected chi connectivity index (χ2v) is 7.91. The molecule has 2 aromatic carbocycles. The average Bonchev–Trinajstić information content (AvgIpc) is 3.29. The van der Waals surface area contributed by atoms with Gasteiger partial charge in [-0.2, -0.15) is 0 Å². The summed E-state index contributed by atoms with van der Waals surface area (Å²) in [5, 5.41) is 5.13. The second kappa shape index (κ2) is 8.40. The van der Waals surface area contributed by atoms with Crippen LogP contribution in [0.4, 0.5) is 0 Å². The van der Waals surface area contributed by atoms with E-state index in [0.717, 1.165) is 18.4 Å². The summed E-state index contributed by atoms with van der Waals surface area (Å²) in [6.07, 6.45) is 1.55. The van der Waals surface area contributed by atoms with E-state index in [1.54, 1.807) is 11.3 Å². The first-order chi connectivity index (χ1) is 13.7. The van der Waals surface area contributed by atoms with Crippen molar-refractivity contribution < 1.29 is 9.59 Å². The van der Waals surface area contributed by atoms with Gasteiger partial charge < -0.3 is 10.2 Å². The molecule has 28 heavy (non-hydrogen) atoms. The zero-order chi connectivity index (χ0) is 19.3. The van der Waals surface area contributed by atoms with Gasteiger partial charge in [-0.25, -0.2) is 0 Å². The number of piperidine rings is 1. The minimum absolute atomic E-state index is 0.0467. The summed E-state index contributed by atoms with van der Waals surface area (Å²) in [4.78, 5) is 28.2. The molecule has 0 saturated carbocycles. The topological polar surface area (TPSA) is 49.4 Å². The molecule has 1 aliphatic rings. The summed E-state index contributed by atoms with van der Waals surface area (Å²) in [5.74, 6) is 0.0140. The molecule has 2 amide bonds. The number of thiophene rings is 1. The van der Waals surface area contributed by atoms with Crippen LogP contribution in [0.2, 0.25) is 0 Å². The molecular weight excluding hydrogens is 368 g/mol. The number of carbonyl (C=O) groups excluding carboxylic acids is 2. The monoisotopic (exact) mass is 390 g/mol. The lowest BCUT2D eigenvalue weighted by atomic mass is 10.0. The van der Waals surface area contributed by atoms with E-state index in [-0.39, 0.29) is 17.9 Å². The first-order valence-corrected chi connectivity index (χ1v) is 10.4. The Hall–Kier alpha value is -2.92. The van der Waals surface area contributed by atoms with Crippen LogP contribution in [0.25, 0.3) is 10.4 Å². The third-order valence-electron chi connectivity index (χ3n) is 5.09. The fourth-order valence-corrected chi connectivity index (χ4v) is 4.22. The Morgan fingerprint density at radius 2 is 1.57 bits per heavy atom. The lowest BCUT2D eigenvalue weighted by Gasteiger charge is -2.32. The number of nitrogens with one attached hydrogen (secondary N) is 1. The Bertz CT molecular complexity index is 929. The van der Waals surface area contributed by atoms with Crippen LogP contribution >= 0.6 is 11.3 Å². The van der Waals surface area contributed by atoms with Gasteiger partial charge in [-0.3, -0.25) is 9.59 Å². The highest BCUT2D eigenvalue weighted by Crippen LogP contribution is 2.25. The first-order valence-electron chi connectivity index (χ1n) is 9.50. The van der Waals surface area contributed by atoms with Gasteiger partial charge in [-0.15, -0.1) is 11.3 Å². The van der Waals surface area contributed by atoms with E-state index in [2.05, 4.69) is 16.8 Å². The van der Waals surface area contributed by atoms with E-state index >= 15 is 0 Å². The van der Waals surface area contributed by atoms with Gasteiger partial charge >= 0.3 is 0 Å². The first kappa shape index (κ1) is 18.4. The Morgan fingerprint density at radius 3 is 2.21 bits per heavy atom. The van der Waals surface area contributed by atoms with E-state index in [0.29, 0.717) is 24.2 Å². The van der Waals surface area contributed by atoms with Crippen LogP contribution in [-0.2, 0) is 0 Å². The minimum Gasteiger partial charge on any atom is -0.349 e. The fourth-order valence-electron chi connectivity index (χ4n) is 3.49. The summed E-state index contributed by atoms with van der Waals surface area (Å²) in [6.45, 7) is 1.32. The van der Waals surface area contributed by atoms with Crippen molar-refractivity contribution in [2.75, 3.05) is 13.1 Å². The van der Waals surface area contributed by atoms with Crippen molar-refractivity contribution in [2.45, 2.75) is 18.9 Å². The molecule has 1 N–H and O–H groups in total. The van der Waals surface area contributed by atoms with Gasteiger partial charge in [0.2, 0.25) is 0 Å². The molecule has 1 saturated heterocycles. The standard InChI is InChI=1S/C23H22N2O2S/c26-22(18-5-2-1-3-6-18)24-20-12-14-25(15-13-20)23(27)19-10-8-17(9-11-19)21-7-4-16-28-21/h1-11,16,20H,12-15H2,(H,24,26). The van der Waals surface area contributed by atoms with Crippen LogP contribution in [0.15, 0.2) is 72.1 Å². The van der Waals surface area contributed by atoms with Crippen LogP contribution in [0.1, 0.15) is 33.6 Å². The van der Waals surface area contributed by atoms with Crippen molar-refractivity contribution in [1.82, 2.24) is 10.2 Å². The van der Waals surface area contributed by atoms with Crippen molar-refractivity contribution in [3.63, 3.8) is 0 Å². The summed E-state index contributed by atoms with van der Waals surface area (Å²) < 4.78 is 0. The zero-order valence-electron chi connectivity index (χ0n) is 15.5. The molecule has 0 aliphatic carbocycles. The number of hydrogen-bond donors (Lipinski definition) is 1. The highest BCUT2D eigenvalue weighted by atomic mass is 32.1. The van der Waals surface area contributed by atoms with Crippen LogP contribution < -0.4 is 5.32 Å². The molecule has 0 radical (unpaired) electrons. The number of likely N-dealkylation sites (tertiary alicyclic amines) is 1. The van der Waals surface area contributed by atoms with Crippen molar-refractivity contribution in [2.24, 2.45) is 0 Å². The van der Waals surface area contributed by atoms with Gasteiger partial charge in [-0.1, -0.05) is 36.4 Å². The lowest BCUT2D eigenvalue weighted by molar-refractivity contribution is 0.0698. The number of hydrogen-bond acceptors (Lipinski definition) is 3. The van der Waals surface area contributed by atoms with Gasteiger partial charge in [0.25, 0.3) is 11.8 Å². The molecule has 1 aromatic heterocycles. The van der Waals surface area contributed by atoms with Gasteiger partial charge in [0.1, 0.15) is 0 Å². The predicted octanol–water partition coefficient (Wildman–Crippen LogP) is 4.45. The Kier molecular flexibility index (Phi) is 5.53. The number of rotatable bonds is 4. The molecule has 1 aliphatic heterocycles. The molecule has 4 rings (SSSR count). The Balaban J connectivity index is 1.32.